The molecule has 0 bridgehead atoms. The standard InChI is InChI=1S/C26H27N3O2S/c30-23(22-24(17-9-3-1-4-10-17)32-26(29-22)19-14-15-19)21(20-13-7-8-16-27-20)28-25(31)18-11-5-2-6-12-18/h1-6,9-12,19-21,27H,7-8,13-16H2,(H,28,31). The highest BCUT2D eigenvalue weighted by molar-refractivity contribution is 7.15. The van der Waals surface area contributed by atoms with Crippen molar-refractivity contribution < 1.29 is 9.59 Å². The average molecular weight is 446 g/mol. The zero-order valence-corrected chi connectivity index (χ0v) is 18.7. The normalized spacial score (nSPS) is 19.3. The van der Waals surface area contributed by atoms with Crippen LogP contribution in [0.25, 0.3) is 10.4 Å². The molecule has 32 heavy (non-hydrogen) atoms. The maximum atomic E-state index is 14.0. The fourth-order valence-electron chi connectivity index (χ4n) is 4.27. The van der Waals surface area contributed by atoms with Gasteiger partial charge in [-0.25, -0.2) is 4.98 Å². The van der Waals surface area contributed by atoms with Crippen LogP contribution in [0, 0.1) is 0 Å². The third-order valence-corrected chi connectivity index (χ3v) is 7.46. The molecule has 2 fully saturated rings. The predicted octanol–water partition coefficient (Wildman–Crippen LogP) is 4.81. The third kappa shape index (κ3) is 4.52. The van der Waals surface area contributed by atoms with Crippen molar-refractivity contribution >= 4 is 23.0 Å². The number of rotatable bonds is 7. The van der Waals surface area contributed by atoms with E-state index in [0.717, 1.165) is 54.1 Å². The van der Waals surface area contributed by atoms with Crippen LogP contribution in [0.15, 0.2) is 60.7 Å². The molecule has 2 unspecified atom stereocenters. The van der Waals surface area contributed by atoms with Crippen LogP contribution in [0.2, 0.25) is 0 Å². The van der Waals surface area contributed by atoms with Crippen LogP contribution in [0.1, 0.15) is 63.9 Å². The summed E-state index contributed by atoms with van der Waals surface area (Å²) < 4.78 is 0. The number of Topliss-reactive ketones (excluding diaryl/α,β-unsaturated/α-hetero) is 1. The molecule has 3 aromatic rings. The molecule has 2 aromatic carbocycles. The molecule has 1 aliphatic carbocycles. The Kier molecular flexibility index (Phi) is 6.14. The van der Waals surface area contributed by atoms with Crippen molar-refractivity contribution in [2.75, 3.05) is 6.54 Å². The fourth-order valence-corrected chi connectivity index (χ4v) is 5.51. The molecule has 0 spiro atoms. The Morgan fingerprint density at radius 3 is 2.34 bits per heavy atom. The highest BCUT2D eigenvalue weighted by Crippen LogP contribution is 2.45. The minimum absolute atomic E-state index is 0.0985. The van der Waals surface area contributed by atoms with E-state index in [1.54, 1.807) is 23.5 Å². The quantitative estimate of drug-likeness (QED) is 0.512. The van der Waals surface area contributed by atoms with E-state index in [4.69, 9.17) is 4.98 Å². The first-order valence-electron chi connectivity index (χ1n) is 11.4. The van der Waals surface area contributed by atoms with Gasteiger partial charge in [-0.2, -0.15) is 0 Å². The summed E-state index contributed by atoms with van der Waals surface area (Å²) in [5, 5.41) is 7.55. The molecule has 2 atom stereocenters. The lowest BCUT2D eigenvalue weighted by Crippen LogP contribution is -2.55. The number of benzene rings is 2. The highest BCUT2D eigenvalue weighted by Gasteiger charge is 2.36. The zero-order valence-electron chi connectivity index (χ0n) is 17.9. The van der Waals surface area contributed by atoms with E-state index < -0.39 is 6.04 Å². The number of ketones is 1. The first-order chi connectivity index (χ1) is 15.7. The van der Waals surface area contributed by atoms with Crippen molar-refractivity contribution in [3.05, 3.63) is 76.9 Å². The van der Waals surface area contributed by atoms with Gasteiger partial charge in [0.15, 0.2) is 0 Å². The molecule has 2 aliphatic rings. The van der Waals surface area contributed by atoms with E-state index in [-0.39, 0.29) is 17.7 Å². The molecule has 1 aromatic heterocycles. The lowest BCUT2D eigenvalue weighted by molar-refractivity contribution is 0.0823. The van der Waals surface area contributed by atoms with E-state index in [1.165, 1.54) is 0 Å². The van der Waals surface area contributed by atoms with Gasteiger partial charge in [0.1, 0.15) is 11.7 Å². The highest BCUT2D eigenvalue weighted by atomic mass is 32.1. The van der Waals surface area contributed by atoms with Gasteiger partial charge < -0.3 is 10.6 Å². The van der Waals surface area contributed by atoms with Gasteiger partial charge in [-0.05, 0) is 49.9 Å². The van der Waals surface area contributed by atoms with Gasteiger partial charge in [0, 0.05) is 17.5 Å². The number of nitrogens with zero attached hydrogens (tertiary/aromatic N) is 1. The lowest BCUT2D eigenvalue weighted by Gasteiger charge is -2.31. The van der Waals surface area contributed by atoms with Gasteiger partial charge >= 0.3 is 0 Å². The number of hydrogen-bond donors (Lipinski definition) is 2. The number of aromatic nitrogens is 1. The molecule has 1 aliphatic heterocycles. The summed E-state index contributed by atoms with van der Waals surface area (Å²) >= 11 is 1.63. The second-order valence-corrected chi connectivity index (χ2v) is 9.64. The number of thiazole rings is 1. The second-order valence-electron chi connectivity index (χ2n) is 8.61. The van der Waals surface area contributed by atoms with Gasteiger partial charge in [-0.1, -0.05) is 55.0 Å². The maximum Gasteiger partial charge on any atom is 0.251 e. The number of piperidine rings is 1. The van der Waals surface area contributed by atoms with Crippen molar-refractivity contribution in [1.82, 2.24) is 15.6 Å². The SMILES string of the molecule is O=C(NC(C(=O)c1nc(C2CC2)sc1-c1ccccc1)C1CCCCN1)c1ccccc1. The van der Waals surface area contributed by atoms with Gasteiger partial charge in [0.05, 0.1) is 9.88 Å². The average Bonchev–Trinajstić information content (AvgIpc) is 3.62. The van der Waals surface area contributed by atoms with Crippen LogP contribution in [0.3, 0.4) is 0 Å². The van der Waals surface area contributed by atoms with Gasteiger partial charge in [-0.3, -0.25) is 9.59 Å². The number of carbonyl (C=O) groups excluding carboxylic acids is 2. The van der Waals surface area contributed by atoms with Crippen molar-refractivity contribution in [2.24, 2.45) is 0 Å². The summed E-state index contributed by atoms with van der Waals surface area (Å²) in [6.07, 6.45) is 5.24. The molecular formula is C26H27N3O2S. The first kappa shape index (κ1) is 21.0. The summed E-state index contributed by atoms with van der Waals surface area (Å²) in [6, 6.07) is 18.3. The van der Waals surface area contributed by atoms with E-state index >= 15 is 0 Å². The summed E-state index contributed by atoms with van der Waals surface area (Å²) in [5.41, 5.74) is 2.06. The molecule has 1 saturated carbocycles. The smallest absolute Gasteiger partial charge is 0.251 e. The Balaban J connectivity index is 1.50. The van der Waals surface area contributed by atoms with E-state index in [2.05, 4.69) is 10.6 Å². The van der Waals surface area contributed by atoms with E-state index in [9.17, 15) is 9.59 Å². The fraction of sp³-hybridized carbons (Fsp3) is 0.346. The van der Waals surface area contributed by atoms with Gasteiger partial charge in [-0.15, -0.1) is 11.3 Å². The van der Waals surface area contributed by atoms with Gasteiger partial charge in [0.25, 0.3) is 5.91 Å². The minimum atomic E-state index is -0.653. The molecule has 5 rings (SSSR count). The molecule has 0 radical (unpaired) electrons. The first-order valence-corrected chi connectivity index (χ1v) is 12.2. The van der Waals surface area contributed by atoms with E-state index in [1.807, 2.05) is 48.5 Å². The van der Waals surface area contributed by atoms with Crippen LogP contribution < -0.4 is 10.6 Å². The molecule has 164 valence electrons. The Labute approximate surface area is 192 Å². The molecule has 6 heteroatoms. The zero-order chi connectivity index (χ0) is 21.9. The van der Waals surface area contributed by atoms with Crippen LogP contribution >= 0.6 is 11.3 Å². The topological polar surface area (TPSA) is 71.1 Å². The molecule has 2 heterocycles. The minimum Gasteiger partial charge on any atom is -0.340 e. The molecule has 1 saturated heterocycles. The monoisotopic (exact) mass is 445 g/mol. The third-order valence-electron chi connectivity index (χ3n) is 6.20. The Morgan fingerprint density at radius 2 is 1.69 bits per heavy atom. The van der Waals surface area contributed by atoms with Crippen molar-refractivity contribution in [3.63, 3.8) is 0 Å². The molecule has 5 nitrogen and oxygen atoms in total. The summed E-state index contributed by atoms with van der Waals surface area (Å²) in [6.45, 7) is 0.853. The van der Waals surface area contributed by atoms with Crippen molar-refractivity contribution in [3.8, 4) is 10.4 Å². The van der Waals surface area contributed by atoms with E-state index in [0.29, 0.717) is 17.2 Å². The molecule has 1 amide bonds. The van der Waals surface area contributed by atoms with Crippen LogP contribution in [0.4, 0.5) is 0 Å². The molecule has 2 N–H and O–H groups in total. The van der Waals surface area contributed by atoms with Gasteiger partial charge in [0.2, 0.25) is 5.78 Å². The number of carbonyl (C=O) groups is 2. The van der Waals surface area contributed by atoms with Crippen LogP contribution in [-0.2, 0) is 0 Å². The summed E-state index contributed by atoms with van der Waals surface area (Å²) in [5.74, 6) is 0.139. The van der Waals surface area contributed by atoms with Crippen LogP contribution in [-0.4, -0.2) is 35.3 Å². The Morgan fingerprint density at radius 1 is 0.969 bits per heavy atom. The van der Waals surface area contributed by atoms with Crippen molar-refractivity contribution in [2.45, 2.75) is 50.1 Å². The number of nitrogens with one attached hydrogen (secondary N) is 2. The maximum absolute atomic E-state index is 14.0. The molecular weight excluding hydrogens is 418 g/mol. The largest absolute Gasteiger partial charge is 0.340 e. The lowest BCUT2D eigenvalue weighted by atomic mass is 9.92. The van der Waals surface area contributed by atoms with Crippen LogP contribution in [0.5, 0.6) is 0 Å². The summed E-state index contributed by atoms with van der Waals surface area (Å²) in [7, 11) is 0. The Bertz CT molecular complexity index is 1090. The predicted molar refractivity (Wildman–Crippen MR) is 127 cm³/mol. The number of hydrogen-bond acceptors (Lipinski definition) is 5. The summed E-state index contributed by atoms with van der Waals surface area (Å²) in [4.78, 5) is 32.7. The van der Waals surface area contributed by atoms with Crippen molar-refractivity contribution in [1.29, 1.82) is 0 Å². The number of amides is 1. The Hall–Kier alpha value is -2.83. The second kappa shape index (κ2) is 9.35.